The average Bonchev–Trinajstić information content (AvgIpc) is 3.39. The number of alkyl halides is 3. The molecule has 43 heavy (non-hydrogen) atoms. The molecule has 5 rings (SSSR count). The average molecular weight is 612 g/mol. The van der Waals surface area contributed by atoms with Crippen LogP contribution in [0, 0.1) is 5.92 Å². The lowest BCUT2D eigenvalue weighted by Gasteiger charge is -2.31. The molecule has 1 saturated heterocycles. The molecule has 0 saturated carbocycles. The second-order valence-electron chi connectivity index (χ2n) is 10.8. The predicted octanol–water partition coefficient (Wildman–Crippen LogP) is 6.48. The van der Waals surface area contributed by atoms with Crippen molar-refractivity contribution in [2.24, 2.45) is 5.92 Å². The quantitative estimate of drug-likeness (QED) is 0.163. The molecule has 1 aliphatic heterocycles. The van der Waals surface area contributed by atoms with E-state index in [1.807, 2.05) is 18.2 Å². The molecule has 2 aliphatic rings. The van der Waals surface area contributed by atoms with E-state index in [0.29, 0.717) is 28.2 Å². The monoisotopic (exact) mass is 611 g/mol. The number of Topliss-reactive ketones (excluding diaryl/α,β-unsaturated/α-hetero) is 1. The molecule has 3 aromatic rings. The van der Waals surface area contributed by atoms with E-state index in [1.165, 1.54) is 23.9 Å². The van der Waals surface area contributed by atoms with Crippen LogP contribution in [0.15, 0.2) is 72.0 Å². The first-order valence-electron chi connectivity index (χ1n) is 14.2. The summed E-state index contributed by atoms with van der Waals surface area (Å²) in [5.41, 5.74) is 1.42. The zero-order chi connectivity index (χ0) is 30.6. The Kier molecular flexibility index (Phi) is 9.41. The number of aromatic amines is 1. The fourth-order valence-corrected chi connectivity index (χ4v) is 6.33. The van der Waals surface area contributed by atoms with Gasteiger partial charge in [-0.05, 0) is 61.2 Å². The summed E-state index contributed by atoms with van der Waals surface area (Å²) in [5, 5.41) is 15.8. The number of ketones is 1. The van der Waals surface area contributed by atoms with E-state index in [0.717, 1.165) is 49.9 Å². The minimum Gasteiger partial charge on any atom is -0.481 e. The molecule has 2 unspecified atom stereocenters. The van der Waals surface area contributed by atoms with E-state index in [4.69, 9.17) is 5.11 Å². The third-order valence-electron chi connectivity index (χ3n) is 7.68. The van der Waals surface area contributed by atoms with Crippen LogP contribution in [0.3, 0.4) is 0 Å². The van der Waals surface area contributed by atoms with Gasteiger partial charge in [-0.25, -0.2) is 0 Å². The highest BCUT2D eigenvalue weighted by molar-refractivity contribution is 7.98. The Morgan fingerprint density at radius 3 is 2.65 bits per heavy atom. The number of thioether (sulfide) groups is 1. The maximum Gasteiger partial charge on any atom is 0.416 e. The van der Waals surface area contributed by atoms with E-state index in [1.54, 1.807) is 18.2 Å². The molecule has 4 N–H and O–H groups in total. The highest BCUT2D eigenvalue weighted by atomic mass is 32.2. The second-order valence-corrected chi connectivity index (χ2v) is 11.9. The second kappa shape index (κ2) is 13.2. The molecule has 7 nitrogen and oxygen atoms in total. The van der Waals surface area contributed by atoms with Crippen LogP contribution in [0.5, 0.6) is 0 Å². The van der Waals surface area contributed by atoms with Crippen molar-refractivity contribution in [1.82, 2.24) is 15.6 Å². The van der Waals surface area contributed by atoms with Gasteiger partial charge in [0.1, 0.15) is 0 Å². The molecule has 1 aromatic heterocycles. The van der Waals surface area contributed by atoms with Gasteiger partial charge in [0.05, 0.1) is 17.7 Å². The summed E-state index contributed by atoms with van der Waals surface area (Å²) in [6.45, 7) is 0.790. The highest BCUT2D eigenvalue weighted by Gasteiger charge is 2.32. The van der Waals surface area contributed by atoms with Gasteiger partial charge in [-0.2, -0.15) is 24.9 Å². The molecule has 2 aromatic carbocycles. The van der Waals surface area contributed by atoms with Gasteiger partial charge in [0, 0.05) is 45.3 Å². The number of rotatable bonds is 9. The van der Waals surface area contributed by atoms with Gasteiger partial charge in [0.15, 0.2) is 0 Å². The number of halogens is 3. The molecule has 11 heteroatoms. The molecule has 2 heterocycles. The van der Waals surface area contributed by atoms with Crippen molar-refractivity contribution in [3.8, 4) is 0 Å². The molecule has 0 spiro atoms. The van der Waals surface area contributed by atoms with Crippen LogP contribution in [-0.4, -0.2) is 46.1 Å². The molecular weight excluding hydrogens is 579 g/mol. The summed E-state index contributed by atoms with van der Waals surface area (Å²) < 4.78 is 39.8. The van der Waals surface area contributed by atoms with E-state index >= 15 is 0 Å². The first kappa shape index (κ1) is 30.6. The first-order chi connectivity index (χ1) is 20.6. The van der Waals surface area contributed by atoms with Crippen molar-refractivity contribution in [1.29, 1.82) is 0 Å². The number of hydrogen-bond acceptors (Lipinski definition) is 5. The van der Waals surface area contributed by atoms with Crippen LogP contribution < -0.4 is 10.6 Å². The Labute approximate surface area is 251 Å². The fourth-order valence-electron chi connectivity index (χ4n) is 5.45. The van der Waals surface area contributed by atoms with Gasteiger partial charge in [0.2, 0.25) is 5.78 Å². The van der Waals surface area contributed by atoms with E-state index in [-0.39, 0.29) is 35.2 Å². The molecule has 1 fully saturated rings. The van der Waals surface area contributed by atoms with Crippen LogP contribution >= 0.6 is 11.8 Å². The topological polar surface area (TPSA) is 111 Å². The normalized spacial score (nSPS) is 19.0. The van der Waals surface area contributed by atoms with Gasteiger partial charge < -0.3 is 20.7 Å². The van der Waals surface area contributed by atoms with Crippen molar-refractivity contribution < 1.29 is 32.7 Å². The van der Waals surface area contributed by atoms with Crippen LogP contribution in [0.25, 0.3) is 10.9 Å². The largest absolute Gasteiger partial charge is 0.481 e. The summed E-state index contributed by atoms with van der Waals surface area (Å²) in [6.07, 6.45) is 3.28. The van der Waals surface area contributed by atoms with Crippen molar-refractivity contribution >= 4 is 40.3 Å². The number of carbonyl (C=O) groups excluding carboxylic acids is 2. The summed E-state index contributed by atoms with van der Waals surface area (Å²) >= 11 is 1.46. The summed E-state index contributed by atoms with van der Waals surface area (Å²) in [7, 11) is 0. The Balaban J connectivity index is 1.41. The maximum absolute atomic E-state index is 13.9. The minimum atomic E-state index is -4.51. The Morgan fingerprint density at radius 2 is 1.86 bits per heavy atom. The molecule has 0 radical (unpaired) electrons. The molecule has 1 aliphatic carbocycles. The predicted molar refractivity (Wildman–Crippen MR) is 160 cm³/mol. The van der Waals surface area contributed by atoms with E-state index in [9.17, 15) is 27.6 Å². The summed E-state index contributed by atoms with van der Waals surface area (Å²) in [5.74, 6) is -0.627. The zero-order valence-corrected chi connectivity index (χ0v) is 24.1. The molecule has 2 atom stereocenters. The first-order valence-corrected chi connectivity index (χ1v) is 15.4. The molecular formula is C32H32F3N3O4S. The van der Waals surface area contributed by atoms with Crippen LogP contribution in [-0.2, 0) is 16.7 Å². The Bertz CT molecular complexity index is 1590. The SMILES string of the molecule is O=C(O)CCSCc1cccc(C(=O)NC2=CC3CCCCCNC3C=C2C(=O)c2cc3ccc(C(F)(F)F)cc3[nH]2)c1. The number of benzene rings is 2. The number of aromatic nitrogens is 1. The van der Waals surface area contributed by atoms with Gasteiger partial charge in [-0.1, -0.05) is 43.2 Å². The third kappa shape index (κ3) is 7.58. The lowest BCUT2D eigenvalue weighted by molar-refractivity contribution is -0.138. The number of hydrogen-bond donors (Lipinski definition) is 4. The summed E-state index contributed by atoms with van der Waals surface area (Å²) in [6, 6.07) is 11.8. The standard InChI is InChI=1S/C32H32F3N3O4S/c33-32(34,35)23-9-8-21-15-28(37-26(21)16-23)30(41)24-17-25-20(6-2-1-3-11-36-25)14-27(24)38-31(42)22-7-4-5-19(13-22)18-43-12-10-29(39)40/h4-5,7-9,13-17,20,25,36-37H,1-3,6,10-12,18H2,(H,38,42)(H,39,40). The van der Waals surface area contributed by atoms with Crippen LogP contribution in [0.2, 0.25) is 0 Å². The van der Waals surface area contributed by atoms with E-state index in [2.05, 4.69) is 15.6 Å². The zero-order valence-electron chi connectivity index (χ0n) is 23.3. The van der Waals surface area contributed by atoms with Crippen LogP contribution in [0.1, 0.15) is 64.1 Å². The van der Waals surface area contributed by atoms with Gasteiger partial charge >= 0.3 is 12.1 Å². The molecule has 1 amide bonds. The number of aliphatic carboxylic acids is 1. The molecule has 226 valence electrons. The Morgan fingerprint density at radius 1 is 1.02 bits per heavy atom. The van der Waals surface area contributed by atoms with Crippen molar-refractivity contribution in [3.63, 3.8) is 0 Å². The number of carboxylic acid groups (broad SMARTS) is 1. The van der Waals surface area contributed by atoms with Gasteiger partial charge in [0.25, 0.3) is 5.91 Å². The Hall–Kier alpha value is -3.83. The highest BCUT2D eigenvalue weighted by Crippen LogP contribution is 2.33. The number of carbonyl (C=O) groups is 3. The number of allylic oxidation sites excluding steroid dienone is 1. The smallest absolute Gasteiger partial charge is 0.416 e. The van der Waals surface area contributed by atoms with Crippen LogP contribution in [0.4, 0.5) is 13.2 Å². The minimum absolute atomic E-state index is 0.0546. The molecule has 0 bridgehead atoms. The van der Waals surface area contributed by atoms with E-state index < -0.39 is 29.4 Å². The van der Waals surface area contributed by atoms with Crippen molar-refractivity contribution in [2.45, 2.75) is 50.1 Å². The number of amides is 1. The fraction of sp³-hybridized carbons (Fsp3) is 0.344. The number of H-pyrrole nitrogens is 1. The van der Waals surface area contributed by atoms with Gasteiger partial charge in [-0.3, -0.25) is 14.4 Å². The van der Waals surface area contributed by atoms with Crippen molar-refractivity contribution in [2.75, 3.05) is 12.3 Å². The number of carboxylic acids is 1. The summed E-state index contributed by atoms with van der Waals surface area (Å²) in [4.78, 5) is 40.9. The number of fused-ring (bicyclic) bond motifs is 2. The lowest BCUT2D eigenvalue weighted by Crippen LogP contribution is -2.40. The van der Waals surface area contributed by atoms with Gasteiger partial charge in [-0.15, -0.1) is 0 Å². The maximum atomic E-state index is 13.9. The number of nitrogens with one attached hydrogen (secondary N) is 3. The third-order valence-corrected chi connectivity index (χ3v) is 8.71. The van der Waals surface area contributed by atoms with Crippen molar-refractivity contribution in [3.05, 3.63) is 94.3 Å². The lowest BCUT2D eigenvalue weighted by atomic mass is 9.83.